The quantitative estimate of drug-likeness (QED) is 0.811. The molecule has 2 N–H and O–H groups in total. The van der Waals surface area contributed by atoms with E-state index in [1.807, 2.05) is 37.3 Å². The number of rotatable bonds is 2. The normalized spacial score (nSPS) is 12.1. The van der Waals surface area contributed by atoms with Gasteiger partial charge in [-0.05, 0) is 24.6 Å². The van der Waals surface area contributed by atoms with E-state index in [2.05, 4.69) is 10.1 Å². The summed E-state index contributed by atoms with van der Waals surface area (Å²) in [5, 5.41) is 12.6. The van der Waals surface area contributed by atoms with Crippen LogP contribution in [0.5, 0.6) is 0 Å². The summed E-state index contributed by atoms with van der Waals surface area (Å²) in [5.41, 5.74) is 7.67. The van der Waals surface area contributed by atoms with Gasteiger partial charge < -0.3 is 5.73 Å². The SMILES string of the molecule is CC(N)c1ccc(-n2cnc(C#N)n2)cc1. The number of nitriles is 1. The number of hydrogen-bond acceptors (Lipinski definition) is 4. The number of benzene rings is 1. The van der Waals surface area contributed by atoms with Gasteiger partial charge in [0.1, 0.15) is 12.4 Å². The van der Waals surface area contributed by atoms with Crippen LogP contribution in [-0.2, 0) is 0 Å². The van der Waals surface area contributed by atoms with E-state index >= 15 is 0 Å². The summed E-state index contributed by atoms with van der Waals surface area (Å²) in [4.78, 5) is 3.83. The van der Waals surface area contributed by atoms with E-state index < -0.39 is 0 Å². The average Bonchev–Trinajstić information content (AvgIpc) is 2.77. The van der Waals surface area contributed by atoms with Crippen molar-refractivity contribution in [2.75, 3.05) is 0 Å². The summed E-state index contributed by atoms with van der Waals surface area (Å²) in [6, 6.07) is 9.57. The molecule has 0 amide bonds. The maximum absolute atomic E-state index is 8.61. The Bertz CT molecular complexity index is 518. The van der Waals surface area contributed by atoms with Crippen molar-refractivity contribution in [2.24, 2.45) is 5.73 Å². The topological polar surface area (TPSA) is 80.5 Å². The van der Waals surface area contributed by atoms with E-state index in [0.29, 0.717) is 0 Å². The van der Waals surface area contributed by atoms with Crippen molar-refractivity contribution in [3.05, 3.63) is 42.0 Å². The Morgan fingerprint density at radius 2 is 2.06 bits per heavy atom. The van der Waals surface area contributed by atoms with Gasteiger partial charge in [0.2, 0.25) is 0 Å². The zero-order valence-electron chi connectivity index (χ0n) is 8.83. The number of nitrogens with zero attached hydrogens (tertiary/aromatic N) is 4. The van der Waals surface area contributed by atoms with Crippen LogP contribution in [0.2, 0.25) is 0 Å². The molecule has 5 heteroatoms. The maximum Gasteiger partial charge on any atom is 0.252 e. The van der Waals surface area contributed by atoms with E-state index in [-0.39, 0.29) is 11.9 Å². The lowest BCUT2D eigenvalue weighted by molar-refractivity contribution is 0.813. The summed E-state index contributed by atoms with van der Waals surface area (Å²) >= 11 is 0. The van der Waals surface area contributed by atoms with Crippen molar-refractivity contribution in [1.29, 1.82) is 5.26 Å². The van der Waals surface area contributed by atoms with Crippen LogP contribution >= 0.6 is 0 Å². The van der Waals surface area contributed by atoms with Gasteiger partial charge in [-0.2, -0.15) is 5.26 Å². The van der Waals surface area contributed by atoms with Crippen LogP contribution in [0.3, 0.4) is 0 Å². The zero-order chi connectivity index (χ0) is 11.5. The number of nitrogens with two attached hydrogens (primary N) is 1. The first-order valence-corrected chi connectivity index (χ1v) is 4.88. The Morgan fingerprint density at radius 3 is 2.56 bits per heavy atom. The molecule has 0 aliphatic heterocycles. The van der Waals surface area contributed by atoms with Crippen molar-refractivity contribution in [1.82, 2.24) is 14.8 Å². The molecule has 1 atom stereocenters. The van der Waals surface area contributed by atoms with Crippen LogP contribution in [-0.4, -0.2) is 14.8 Å². The van der Waals surface area contributed by atoms with Crippen LogP contribution < -0.4 is 5.73 Å². The van der Waals surface area contributed by atoms with E-state index in [4.69, 9.17) is 11.0 Å². The van der Waals surface area contributed by atoms with Crippen LogP contribution in [0.4, 0.5) is 0 Å². The van der Waals surface area contributed by atoms with Crippen LogP contribution in [0.15, 0.2) is 30.6 Å². The molecule has 0 fully saturated rings. The average molecular weight is 213 g/mol. The fourth-order valence-corrected chi connectivity index (χ4v) is 1.37. The van der Waals surface area contributed by atoms with Gasteiger partial charge in [0.25, 0.3) is 5.82 Å². The zero-order valence-corrected chi connectivity index (χ0v) is 8.83. The molecule has 0 radical (unpaired) electrons. The highest BCUT2D eigenvalue weighted by Gasteiger charge is 2.03. The molecule has 1 heterocycles. The fourth-order valence-electron chi connectivity index (χ4n) is 1.37. The highest BCUT2D eigenvalue weighted by atomic mass is 15.3. The second-order valence-corrected chi connectivity index (χ2v) is 3.50. The van der Waals surface area contributed by atoms with Gasteiger partial charge in [-0.15, -0.1) is 5.10 Å². The lowest BCUT2D eigenvalue weighted by atomic mass is 10.1. The second-order valence-electron chi connectivity index (χ2n) is 3.50. The van der Waals surface area contributed by atoms with Crippen LogP contribution in [0.1, 0.15) is 24.4 Å². The summed E-state index contributed by atoms with van der Waals surface area (Å²) in [6.45, 7) is 1.93. The molecule has 0 saturated carbocycles. The van der Waals surface area contributed by atoms with Crippen LogP contribution in [0.25, 0.3) is 5.69 Å². The van der Waals surface area contributed by atoms with E-state index in [9.17, 15) is 0 Å². The molecule has 5 nitrogen and oxygen atoms in total. The van der Waals surface area contributed by atoms with Crippen molar-refractivity contribution >= 4 is 0 Å². The summed E-state index contributed by atoms with van der Waals surface area (Å²) in [6.07, 6.45) is 1.51. The van der Waals surface area contributed by atoms with Gasteiger partial charge in [-0.1, -0.05) is 12.1 Å². The molecule has 0 saturated heterocycles. The van der Waals surface area contributed by atoms with Crippen molar-refractivity contribution in [3.63, 3.8) is 0 Å². The molecular formula is C11H11N5. The van der Waals surface area contributed by atoms with E-state index in [0.717, 1.165) is 11.3 Å². The largest absolute Gasteiger partial charge is 0.324 e. The number of aromatic nitrogens is 3. The van der Waals surface area contributed by atoms with Gasteiger partial charge in [0.05, 0.1) is 5.69 Å². The summed E-state index contributed by atoms with van der Waals surface area (Å²) in [7, 11) is 0. The third kappa shape index (κ3) is 1.92. The molecule has 0 aliphatic carbocycles. The molecule has 2 aromatic rings. The van der Waals surface area contributed by atoms with Crippen molar-refractivity contribution < 1.29 is 0 Å². The molecule has 1 aromatic carbocycles. The minimum atomic E-state index is 0.0134. The number of hydrogen-bond donors (Lipinski definition) is 1. The predicted octanol–water partition coefficient (Wildman–Crippen LogP) is 1.16. The highest BCUT2D eigenvalue weighted by molar-refractivity contribution is 5.34. The maximum atomic E-state index is 8.61. The first-order chi connectivity index (χ1) is 7.70. The molecular weight excluding hydrogens is 202 g/mol. The van der Waals surface area contributed by atoms with E-state index in [1.165, 1.54) is 6.33 Å². The lowest BCUT2D eigenvalue weighted by Gasteiger charge is -2.06. The minimum Gasteiger partial charge on any atom is -0.324 e. The Hall–Kier alpha value is -2.19. The smallest absolute Gasteiger partial charge is 0.252 e. The standard InChI is InChI=1S/C11H11N5/c1-8(13)9-2-4-10(5-3-9)16-7-14-11(6-12)15-16/h2-5,7-8H,13H2,1H3. The third-order valence-corrected chi connectivity index (χ3v) is 2.28. The third-order valence-electron chi connectivity index (χ3n) is 2.28. The molecule has 0 bridgehead atoms. The molecule has 0 spiro atoms. The first kappa shape index (κ1) is 10.3. The Balaban J connectivity index is 2.31. The van der Waals surface area contributed by atoms with Gasteiger partial charge in [0, 0.05) is 6.04 Å². The van der Waals surface area contributed by atoms with Gasteiger partial charge in [-0.25, -0.2) is 9.67 Å². The Kier molecular flexibility index (Phi) is 2.66. The summed E-state index contributed by atoms with van der Waals surface area (Å²) < 4.78 is 1.56. The minimum absolute atomic E-state index is 0.0134. The highest BCUT2D eigenvalue weighted by Crippen LogP contribution is 2.13. The Labute approximate surface area is 93.1 Å². The Morgan fingerprint density at radius 1 is 1.38 bits per heavy atom. The molecule has 1 aromatic heterocycles. The van der Waals surface area contributed by atoms with Gasteiger partial charge >= 0.3 is 0 Å². The molecule has 1 unspecified atom stereocenters. The molecule has 16 heavy (non-hydrogen) atoms. The second kappa shape index (κ2) is 4.13. The molecule has 2 rings (SSSR count). The van der Waals surface area contributed by atoms with E-state index in [1.54, 1.807) is 4.68 Å². The molecule has 0 aliphatic rings. The van der Waals surface area contributed by atoms with Crippen molar-refractivity contribution in [3.8, 4) is 11.8 Å². The molecule has 80 valence electrons. The van der Waals surface area contributed by atoms with Gasteiger partial charge in [-0.3, -0.25) is 0 Å². The monoisotopic (exact) mass is 213 g/mol. The lowest BCUT2D eigenvalue weighted by Crippen LogP contribution is -2.05. The fraction of sp³-hybridized carbons (Fsp3) is 0.182. The van der Waals surface area contributed by atoms with Crippen LogP contribution in [0, 0.1) is 11.3 Å². The van der Waals surface area contributed by atoms with Crippen molar-refractivity contribution in [2.45, 2.75) is 13.0 Å². The summed E-state index contributed by atoms with van der Waals surface area (Å²) in [5.74, 6) is 0.163. The first-order valence-electron chi connectivity index (χ1n) is 4.88. The predicted molar refractivity (Wildman–Crippen MR) is 58.7 cm³/mol. The van der Waals surface area contributed by atoms with Gasteiger partial charge in [0.15, 0.2) is 0 Å².